The van der Waals surface area contributed by atoms with Crippen LogP contribution in [0, 0.1) is 11.6 Å². The van der Waals surface area contributed by atoms with Gasteiger partial charge >= 0.3 is 0 Å². The molecule has 1 aromatic rings. The third-order valence-corrected chi connectivity index (χ3v) is 3.58. The predicted molar refractivity (Wildman–Crippen MR) is 59.8 cm³/mol. The van der Waals surface area contributed by atoms with E-state index >= 15 is 0 Å². The Kier molecular flexibility index (Phi) is 4.98. The van der Waals surface area contributed by atoms with Gasteiger partial charge in [-0.05, 0) is 37.6 Å². The molecule has 4 nitrogen and oxygen atoms in total. The summed E-state index contributed by atoms with van der Waals surface area (Å²) in [5.74, 6) is -1.77. The van der Waals surface area contributed by atoms with Crippen molar-refractivity contribution in [3.8, 4) is 0 Å². The zero-order valence-corrected chi connectivity index (χ0v) is 9.93. The Balaban J connectivity index is 2.79. The summed E-state index contributed by atoms with van der Waals surface area (Å²) in [6, 6.07) is 2.30. The standard InChI is InChI=1S/C10H14F2N2O2S/c11-8-3-4-9(12)10(7-8)17(15,16)14-6-2-1-5-13/h3-4,7,14H,1-2,5-6,13H2. The predicted octanol–water partition coefficient (Wildman–Crippen LogP) is 0.982. The molecule has 1 rings (SSSR count). The highest BCUT2D eigenvalue weighted by molar-refractivity contribution is 7.89. The number of hydrogen-bond donors (Lipinski definition) is 2. The van der Waals surface area contributed by atoms with E-state index in [0.717, 1.165) is 12.1 Å². The van der Waals surface area contributed by atoms with Crippen LogP contribution < -0.4 is 10.5 Å². The van der Waals surface area contributed by atoms with Gasteiger partial charge in [-0.15, -0.1) is 0 Å². The van der Waals surface area contributed by atoms with Gasteiger partial charge in [-0.2, -0.15) is 0 Å². The lowest BCUT2D eigenvalue weighted by atomic mass is 10.3. The number of benzene rings is 1. The highest BCUT2D eigenvalue weighted by Gasteiger charge is 2.18. The van der Waals surface area contributed by atoms with E-state index in [1.165, 1.54) is 0 Å². The van der Waals surface area contributed by atoms with Crippen LogP contribution >= 0.6 is 0 Å². The fourth-order valence-corrected chi connectivity index (χ4v) is 2.40. The monoisotopic (exact) mass is 264 g/mol. The summed E-state index contributed by atoms with van der Waals surface area (Å²) < 4.78 is 51.5. The van der Waals surface area contributed by atoms with Gasteiger partial charge in [0.2, 0.25) is 10.0 Å². The molecule has 0 spiro atoms. The van der Waals surface area contributed by atoms with Gasteiger partial charge in [-0.1, -0.05) is 0 Å². The van der Waals surface area contributed by atoms with Crippen LogP contribution in [0.4, 0.5) is 8.78 Å². The van der Waals surface area contributed by atoms with E-state index in [0.29, 0.717) is 25.5 Å². The Morgan fingerprint density at radius 2 is 1.94 bits per heavy atom. The van der Waals surface area contributed by atoms with E-state index < -0.39 is 26.6 Å². The van der Waals surface area contributed by atoms with Gasteiger partial charge < -0.3 is 5.73 Å². The molecule has 1 aromatic carbocycles. The summed E-state index contributed by atoms with van der Waals surface area (Å²) in [4.78, 5) is -0.676. The smallest absolute Gasteiger partial charge is 0.243 e. The largest absolute Gasteiger partial charge is 0.330 e. The minimum Gasteiger partial charge on any atom is -0.330 e. The lowest BCUT2D eigenvalue weighted by Crippen LogP contribution is -2.26. The van der Waals surface area contributed by atoms with Crippen molar-refractivity contribution in [2.75, 3.05) is 13.1 Å². The molecule has 3 N–H and O–H groups in total. The van der Waals surface area contributed by atoms with E-state index in [1.54, 1.807) is 0 Å². The van der Waals surface area contributed by atoms with Crippen molar-refractivity contribution in [2.24, 2.45) is 5.73 Å². The molecule has 0 bridgehead atoms. The first kappa shape index (κ1) is 14.0. The number of nitrogens with two attached hydrogens (primary N) is 1. The number of rotatable bonds is 6. The van der Waals surface area contributed by atoms with Gasteiger partial charge in [0.05, 0.1) is 0 Å². The van der Waals surface area contributed by atoms with Crippen LogP contribution in [-0.2, 0) is 10.0 Å². The maximum Gasteiger partial charge on any atom is 0.243 e. The molecule has 96 valence electrons. The van der Waals surface area contributed by atoms with Crippen molar-refractivity contribution in [1.29, 1.82) is 0 Å². The van der Waals surface area contributed by atoms with E-state index in [-0.39, 0.29) is 6.54 Å². The fourth-order valence-electron chi connectivity index (χ4n) is 1.24. The molecule has 0 aromatic heterocycles. The summed E-state index contributed by atoms with van der Waals surface area (Å²) in [5, 5.41) is 0. The molecule has 0 heterocycles. The van der Waals surface area contributed by atoms with Crippen LogP contribution in [0.2, 0.25) is 0 Å². The third kappa shape index (κ3) is 4.03. The number of halogens is 2. The Hall–Kier alpha value is -1.05. The molecule has 0 aliphatic carbocycles. The first-order chi connectivity index (χ1) is 7.97. The SMILES string of the molecule is NCCCCNS(=O)(=O)c1cc(F)ccc1F. The molecule has 0 atom stereocenters. The molecular weight excluding hydrogens is 250 g/mol. The average molecular weight is 264 g/mol. The van der Waals surface area contributed by atoms with Crippen molar-refractivity contribution in [3.63, 3.8) is 0 Å². The minimum absolute atomic E-state index is 0.148. The molecule has 17 heavy (non-hydrogen) atoms. The number of hydrogen-bond acceptors (Lipinski definition) is 3. The Morgan fingerprint density at radius 1 is 1.24 bits per heavy atom. The van der Waals surface area contributed by atoms with Gasteiger partial charge in [0.15, 0.2) is 0 Å². The normalized spacial score (nSPS) is 11.7. The van der Waals surface area contributed by atoms with E-state index in [9.17, 15) is 17.2 Å². The molecule has 0 saturated carbocycles. The number of unbranched alkanes of at least 4 members (excludes halogenated alkanes) is 1. The Bertz CT molecular complexity index is 477. The van der Waals surface area contributed by atoms with Gasteiger partial charge in [0, 0.05) is 6.54 Å². The van der Waals surface area contributed by atoms with Crippen LogP contribution in [-0.4, -0.2) is 21.5 Å². The minimum atomic E-state index is -4.00. The zero-order valence-electron chi connectivity index (χ0n) is 9.12. The Labute approximate surface area is 98.9 Å². The lowest BCUT2D eigenvalue weighted by molar-refractivity contribution is 0.544. The second-order valence-electron chi connectivity index (χ2n) is 3.47. The number of nitrogens with one attached hydrogen (secondary N) is 1. The van der Waals surface area contributed by atoms with Crippen molar-refractivity contribution in [1.82, 2.24) is 4.72 Å². The zero-order chi connectivity index (χ0) is 12.9. The average Bonchev–Trinajstić information content (AvgIpc) is 2.28. The molecular formula is C10H14F2N2O2S. The van der Waals surface area contributed by atoms with Crippen LogP contribution in [0.3, 0.4) is 0 Å². The molecule has 0 unspecified atom stereocenters. The van der Waals surface area contributed by atoms with E-state index in [4.69, 9.17) is 5.73 Å². The first-order valence-corrected chi connectivity index (χ1v) is 6.60. The quantitative estimate of drug-likeness (QED) is 0.752. The van der Waals surface area contributed by atoms with E-state index in [1.807, 2.05) is 0 Å². The molecule has 7 heteroatoms. The van der Waals surface area contributed by atoms with Crippen LogP contribution in [0.25, 0.3) is 0 Å². The summed E-state index contributed by atoms with van der Waals surface area (Å²) in [6.45, 7) is 0.603. The van der Waals surface area contributed by atoms with Crippen LogP contribution in [0.5, 0.6) is 0 Å². The van der Waals surface area contributed by atoms with Crippen molar-refractivity contribution >= 4 is 10.0 Å². The van der Waals surface area contributed by atoms with Crippen molar-refractivity contribution < 1.29 is 17.2 Å². The molecule has 0 amide bonds. The van der Waals surface area contributed by atoms with Gasteiger partial charge in [-0.3, -0.25) is 0 Å². The van der Waals surface area contributed by atoms with Crippen LogP contribution in [0.1, 0.15) is 12.8 Å². The maximum atomic E-state index is 13.2. The summed E-state index contributed by atoms with van der Waals surface area (Å²) >= 11 is 0. The lowest BCUT2D eigenvalue weighted by Gasteiger charge is -2.07. The van der Waals surface area contributed by atoms with E-state index in [2.05, 4.69) is 4.72 Å². The Morgan fingerprint density at radius 3 is 2.59 bits per heavy atom. The van der Waals surface area contributed by atoms with Gasteiger partial charge in [-0.25, -0.2) is 21.9 Å². The third-order valence-electron chi connectivity index (χ3n) is 2.11. The van der Waals surface area contributed by atoms with Crippen molar-refractivity contribution in [3.05, 3.63) is 29.8 Å². The maximum absolute atomic E-state index is 13.2. The molecule has 0 aliphatic rings. The van der Waals surface area contributed by atoms with Crippen LogP contribution in [0.15, 0.2) is 23.1 Å². The first-order valence-electron chi connectivity index (χ1n) is 5.12. The molecule has 0 fully saturated rings. The number of sulfonamides is 1. The second-order valence-corrected chi connectivity index (χ2v) is 5.20. The van der Waals surface area contributed by atoms with Gasteiger partial charge in [0.25, 0.3) is 0 Å². The molecule has 0 radical (unpaired) electrons. The molecule has 0 aliphatic heterocycles. The highest BCUT2D eigenvalue weighted by Crippen LogP contribution is 2.15. The van der Waals surface area contributed by atoms with Gasteiger partial charge in [0.1, 0.15) is 16.5 Å². The summed E-state index contributed by atoms with van der Waals surface area (Å²) in [6.07, 6.45) is 1.21. The van der Waals surface area contributed by atoms with Crippen molar-refractivity contribution in [2.45, 2.75) is 17.7 Å². The topological polar surface area (TPSA) is 72.2 Å². The highest BCUT2D eigenvalue weighted by atomic mass is 32.2. The second kappa shape index (κ2) is 6.04. The molecule has 0 saturated heterocycles. The summed E-state index contributed by atoms with van der Waals surface area (Å²) in [7, 11) is -4.00. The fraction of sp³-hybridized carbons (Fsp3) is 0.400. The summed E-state index contributed by atoms with van der Waals surface area (Å²) in [5.41, 5.74) is 5.25.